The van der Waals surface area contributed by atoms with Gasteiger partial charge in [0.1, 0.15) is 5.69 Å². The van der Waals surface area contributed by atoms with Gasteiger partial charge in [0.2, 0.25) is 0 Å². The Kier molecular flexibility index (Phi) is 5.17. The van der Waals surface area contributed by atoms with Crippen LogP contribution in [0.25, 0.3) is 44.3 Å². The van der Waals surface area contributed by atoms with E-state index in [1.54, 1.807) is 0 Å². The Morgan fingerprint density at radius 1 is 0.853 bits per heavy atom. The molecule has 34 heavy (non-hydrogen) atoms. The van der Waals surface area contributed by atoms with Crippen molar-refractivity contribution >= 4 is 33.2 Å². The Balaban J connectivity index is 1.41. The van der Waals surface area contributed by atoms with Crippen molar-refractivity contribution < 1.29 is 0 Å². The molecule has 1 aromatic carbocycles. The molecule has 0 spiro atoms. The van der Waals surface area contributed by atoms with Crippen molar-refractivity contribution in [3.8, 4) is 22.5 Å². The van der Waals surface area contributed by atoms with Gasteiger partial charge in [-0.3, -0.25) is 15.1 Å². The fraction of sp³-hybridized carbons (Fsp3) is 0.296. The predicted molar refractivity (Wildman–Crippen MR) is 139 cm³/mol. The molecule has 4 aromatic heterocycles. The lowest BCUT2D eigenvalue weighted by Crippen LogP contribution is -2.29. The summed E-state index contributed by atoms with van der Waals surface area (Å²) < 4.78 is 0. The van der Waals surface area contributed by atoms with Gasteiger partial charge in [-0.25, -0.2) is 0 Å². The highest BCUT2D eigenvalue weighted by Gasteiger charge is 2.18. The van der Waals surface area contributed by atoms with Gasteiger partial charge in [0, 0.05) is 47.9 Å². The monoisotopic (exact) mass is 451 g/mol. The lowest BCUT2D eigenvalue weighted by Gasteiger charge is -2.28. The van der Waals surface area contributed by atoms with E-state index in [9.17, 15) is 0 Å². The standard InChI is InChI=1S/C27H29N7/c1-17(2)30-20-10-19(13-28-14-20)18-6-7-23-22(11-18)27(33-32-23)24-12-21-25(31-24)15-29-16-26(21)34-8-4-3-5-9-34/h6-7,10-17,30-31H,3-5,8-9H2,1-2H3,(H,32,33). The smallest absolute Gasteiger partial charge is 0.116 e. The van der Waals surface area contributed by atoms with Crippen LogP contribution in [0.15, 0.2) is 55.1 Å². The average molecular weight is 452 g/mol. The maximum Gasteiger partial charge on any atom is 0.116 e. The van der Waals surface area contributed by atoms with E-state index in [0.717, 1.165) is 57.7 Å². The first-order chi connectivity index (χ1) is 16.7. The molecule has 6 rings (SSSR count). The molecule has 7 heteroatoms. The Hall–Kier alpha value is -3.87. The Morgan fingerprint density at radius 3 is 2.56 bits per heavy atom. The van der Waals surface area contributed by atoms with Crippen LogP contribution in [0.1, 0.15) is 33.1 Å². The van der Waals surface area contributed by atoms with Crippen molar-refractivity contribution in [2.75, 3.05) is 23.3 Å². The summed E-state index contributed by atoms with van der Waals surface area (Å²) in [5.74, 6) is 0. The third-order valence-electron chi connectivity index (χ3n) is 6.57. The molecule has 0 amide bonds. The summed E-state index contributed by atoms with van der Waals surface area (Å²) in [5.41, 5.74) is 8.39. The fourth-order valence-electron chi connectivity index (χ4n) is 4.96. The summed E-state index contributed by atoms with van der Waals surface area (Å²) >= 11 is 0. The second-order valence-corrected chi connectivity index (χ2v) is 9.44. The van der Waals surface area contributed by atoms with Gasteiger partial charge in [0.25, 0.3) is 0 Å². The minimum atomic E-state index is 0.353. The lowest BCUT2D eigenvalue weighted by molar-refractivity contribution is 0.578. The number of benzene rings is 1. The highest BCUT2D eigenvalue weighted by molar-refractivity contribution is 6.00. The molecular formula is C27H29N7. The number of aromatic nitrogens is 5. The Labute approximate surface area is 198 Å². The van der Waals surface area contributed by atoms with Crippen LogP contribution in [0, 0.1) is 0 Å². The lowest BCUT2D eigenvalue weighted by atomic mass is 10.0. The van der Waals surface area contributed by atoms with E-state index in [-0.39, 0.29) is 0 Å². The second kappa shape index (κ2) is 8.48. The van der Waals surface area contributed by atoms with Crippen LogP contribution in [-0.2, 0) is 0 Å². The predicted octanol–water partition coefficient (Wildman–Crippen LogP) is 5.98. The Bertz CT molecular complexity index is 1460. The van der Waals surface area contributed by atoms with Crippen molar-refractivity contribution in [3.63, 3.8) is 0 Å². The highest BCUT2D eigenvalue weighted by Crippen LogP contribution is 2.35. The van der Waals surface area contributed by atoms with Gasteiger partial charge in [0.15, 0.2) is 0 Å². The van der Waals surface area contributed by atoms with E-state index in [2.05, 4.69) is 79.5 Å². The number of hydrogen-bond donors (Lipinski definition) is 3. The number of fused-ring (bicyclic) bond motifs is 2. The van der Waals surface area contributed by atoms with Gasteiger partial charge in [-0.15, -0.1) is 0 Å². The van der Waals surface area contributed by atoms with Gasteiger partial charge in [-0.05, 0) is 62.9 Å². The van der Waals surface area contributed by atoms with Gasteiger partial charge < -0.3 is 15.2 Å². The summed E-state index contributed by atoms with van der Waals surface area (Å²) in [4.78, 5) is 15.0. The molecule has 5 aromatic rings. The maximum absolute atomic E-state index is 4.68. The zero-order valence-corrected chi connectivity index (χ0v) is 19.6. The molecule has 1 aliphatic rings. The van der Waals surface area contributed by atoms with Crippen LogP contribution in [0.5, 0.6) is 0 Å². The average Bonchev–Trinajstić information content (AvgIpc) is 3.48. The minimum Gasteiger partial charge on any atom is -0.382 e. The zero-order valence-electron chi connectivity index (χ0n) is 19.6. The molecule has 0 saturated carbocycles. The molecule has 0 aliphatic carbocycles. The fourth-order valence-corrected chi connectivity index (χ4v) is 4.96. The van der Waals surface area contributed by atoms with Gasteiger partial charge in [0.05, 0.1) is 40.5 Å². The van der Waals surface area contributed by atoms with Gasteiger partial charge in [-0.1, -0.05) is 6.07 Å². The number of rotatable bonds is 5. The molecule has 0 radical (unpaired) electrons. The van der Waals surface area contributed by atoms with Crippen molar-refractivity contribution in [2.45, 2.75) is 39.2 Å². The number of piperidine rings is 1. The number of nitrogens with one attached hydrogen (secondary N) is 3. The molecule has 0 unspecified atom stereocenters. The number of aromatic amines is 2. The molecule has 1 saturated heterocycles. The first kappa shape index (κ1) is 20.7. The molecule has 0 bridgehead atoms. The van der Waals surface area contributed by atoms with E-state index in [0.29, 0.717) is 6.04 Å². The van der Waals surface area contributed by atoms with Crippen LogP contribution in [-0.4, -0.2) is 44.3 Å². The number of anilines is 2. The summed E-state index contributed by atoms with van der Waals surface area (Å²) in [5, 5.41) is 13.6. The Morgan fingerprint density at radius 2 is 1.71 bits per heavy atom. The molecule has 5 heterocycles. The normalized spacial score (nSPS) is 14.4. The molecule has 1 aliphatic heterocycles. The summed E-state index contributed by atoms with van der Waals surface area (Å²) in [7, 11) is 0. The third kappa shape index (κ3) is 3.77. The molecular weight excluding hydrogens is 422 g/mol. The highest BCUT2D eigenvalue weighted by atomic mass is 15.1. The van der Waals surface area contributed by atoms with Crippen LogP contribution in [0.4, 0.5) is 11.4 Å². The van der Waals surface area contributed by atoms with Crippen molar-refractivity contribution in [2.24, 2.45) is 0 Å². The molecule has 172 valence electrons. The third-order valence-corrected chi connectivity index (χ3v) is 6.57. The first-order valence-corrected chi connectivity index (χ1v) is 12.1. The summed E-state index contributed by atoms with van der Waals surface area (Å²) in [6.07, 6.45) is 11.5. The van der Waals surface area contributed by atoms with E-state index in [1.807, 2.05) is 24.8 Å². The van der Waals surface area contributed by atoms with E-state index in [4.69, 9.17) is 0 Å². The van der Waals surface area contributed by atoms with E-state index in [1.165, 1.54) is 30.3 Å². The van der Waals surface area contributed by atoms with Crippen LogP contribution >= 0.6 is 0 Å². The largest absolute Gasteiger partial charge is 0.382 e. The molecule has 3 N–H and O–H groups in total. The number of H-pyrrole nitrogens is 2. The zero-order chi connectivity index (χ0) is 23.1. The van der Waals surface area contributed by atoms with Crippen molar-refractivity contribution in [1.29, 1.82) is 0 Å². The van der Waals surface area contributed by atoms with E-state index < -0.39 is 0 Å². The van der Waals surface area contributed by atoms with Crippen molar-refractivity contribution in [3.05, 3.63) is 55.1 Å². The topological polar surface area (TPSA) is 85.5 Å². The summed E-state index contributed by atoms with van der Waals surface area (Å²) in [6.45, 7) is 6.44. The summed E-state index contributed by atoms with van der Waals surface area (Å²) in [6, 6.07) is 11.1. The SMILES string of the molecule is CC(C)Nc1cncc(-c2ccc3[nH]nc(-c4cc5c(N6CCCCC6)cncc5[nH]4)c3c2)c1. The molecule has 0 atom stereocenters. The van der Waals surface area contributed by atoms with Crippen LogP contribution in [0.3, 0.4) is 0 Å². The second-order valence-electron chi connectivity index (χ2n) is 9.44. The first-order valence-electron chi connectivity index (χ1n) is 12.1. The maximum atomic E-state index is 4.68. The van der Waals surface area contributed by atoms with Gasteiger partial charge >= 0.3 is 0 Å². The van der Waals surface area contributed by atoms with Gasteiger partial charge in [-0.2, -0.15) is 5.10 Å². The van der Waals surface area contributed by atoms with Crippen LogP contribution < -0.4 is 10.2 Å². The minimum absolute atomic E-state index is 0.353. The molecule has 7 nitrogen and oxygen atoms in total. The van der Waals surface area contributed by atoms with Crippen molar-refractivity contribution in [1.82, 2.24) is 25.1 Å². The van der Waals surface area contributed by atoms with Crippen LogP contribution in [0.2, 0.25) is 0 Å². The number of hydrogen-bond acceptors (Lipinski definition) is 5. The quantitative estimate of drug-likeness (QED) is 0.306. The number of pyridine rings is 2. The molecule has 1 fully saturated rings. The van der Waals surface area contributed by atoms with E-state index >= 15 is 0 Å². The number of nitrogens with zero attached hydrogens (tertiary/aromatic N) is 4.